The number of aryl methyl sites for hydroxylation is 2. The number of aromatic carboxylic acids is 1. The number of carboxylic acid groups (broad SMARTS) is 1. The molecule has 98 valence electrons. The Bertz CT molecular complexity index is 615. The molecule has 0 aromatic heterocycles. The molecule has 0 spiro atoms. The quantitative estimate of drug-likeness (QED) is 0.827. The molecule has 19 heavy (non-hydrogen) atoms. The van der Waals surface area contributed by atoms with Gasteiger partial charge < -0.3 is 15.6 Å². The first-order valence-electron chi connectivity index (χ1n) is 5.84. The number of benzene rings is 2. The first-order chi connectivity index (χ1) is 8.95. The minimum absolute atomic E-state index is 0.0766. The molecule has 0 radical (unpaired) electrons. The standard InChI is InChI=1S/C15H15NO3/c1-9-5-10(2)7-12(6-9)19-11-3-4-13(15(17)18)14(16)8-11/h3-8H,16H2,1-2H3,(H,17,18). The van der Waals surface area contributed by atoms with Crippen LogP contribution in [0.4, 0.5) is 5.69 Å². The number of rotatable bonds is 3. The maximum Gasteiger partial charge on any atom is 0.337 e. The van der Waals surface area contributed by atoms with Gasteiger partial charge in [-0.3, -0.25) is 0 Å². The van der Waals surface area contributed by atoms with E-state index >= 15 is 0 Å². The first kappa shape index (κ1) is 13.0. The van der Waals surface area contributed by atoms with Crippen molar-refractivity contribution in [2.45, 2.75) is 13.8 Å². The van der Waals surface area contributed by atoms with E-state index in [1.807, 2.05) is 26.0 Å². The molecule has 0 bridgehead atoms. The van der Waals surface area contributed by atoms with Crippen molar-refractivity contribution in [1.82, 2.24) is 0 Å². The van der Waals surface area contributed by atoms with Crippen molar-refractivity contribution in [3.05, 3.63) is 53.1 Å². The lowest BCUT2D eigenvalue weighted by atomic mass is 10.1. The molecule has 4 nitrogen and oxygen atoms in total. The summed E-state index contributed by atoms with van der Waals surface area (Å²) in [7, 11) is 0. The van der Waals surface area contributed by atoms with E-state index in [4.69, 9.17) is 15.6 Å². The van der Waals surface area contributed by atoms with Crippen molar-refractivity contribution in [2.24, 2.45) is 0 Å². The van der Waals surface area contributed by atoms with Gasteiger partial charge in [0, 0.05) is 11.8 Å². The van der Waals surface area contributed by atoms with Gasteiger partial charge in [-0.25, -0.2) is 4.79 Å². The topological polar surface area (TPSA) is 72.5 Å². The lowest BCUT2D eigenvalue weighted by molar-refractivity contribution is 0.0698. The molecule has 0 amide bonds. The lowest BCUT2D eigenvalue weighted by Gasteiger charge is -2.09. The molecule has 0 unspecified atom stereocenters. The molecule has 0 atom stereocenters. The third-order valence-corrected chi connectivity index (χ3v) is 2.68. The summed E-state index contributed by atoms with van der Waals surface area (Å²) >= 11 is 0. The maximum atomic E-state index is 10.9. The van der Waals surface area contributed by atoms with Gasteiger partial charge in [0.2, 0.25) is 0 Å². The number of hydrogen-bond acceptors (Lipinski definition) is 3. The number of anilines is 1. The average molecular weight is 257 g/mol. The Morgan fingerprint density at radius 3 is 2.21 bits per heavy atom. The number of nitrogen functional groups attached to an aromatic ring is 1. The number of carboxylic acids is 1. The smallest absolute Gasteiger partial charge is 0.337 e. The van der Waals surface area contributed by atoms with Gasteiger partial charge in [0.15, 0.2) is 0 Å². The molecule has 4 heteroatoms. The molecule has 0 fully saturated rings. The molecular formula is C15H15NO3. The van der Waals surface area contributed by atoms with E-state index < -0.39 is 5.97 Å². The highest BCUT2D eigenvalue weighted by Gasteiger charge is 2.09. The Labute approximate surface area is 111 Å². The molecule has 2 rings (SSSR count). The van der Waals surface area contributed by atoms with Gasteiger partial charge in [-0.2, -0.15) is 0 Å². The number of ether oxygens (including phenoxy) is 1. The Morgan fingerprint density at radius 2 is 1.68 bits per heavy atom. The van der Waals surface area contributed by atoms with Crippen LogP contribution in [0.1, 0.15) is 21.5 Å². The Hall–Kier alpha value is -2.49. The fourth-order valence-electron chi connectivity index (χ4n) is 1.93. The normalized spacial score (nSPS) is 10.2. The summed E-state index contributed by atoms with van der Waals surface area (Å²) < 4.78 is 5.68. The molecule has 0 aliphatic heterocycles. The lowest BCUT2D eigenvalue weighted by Crippen LogP contribution is -2.02. The number of hydrogen-bond donors (Lipinski definition) is 2. The van der Waals surface area contributed by atoms with Crippen molar-refractivity contribution < 1.29 is 14.6 Å². The molecule has 3 N–H and O–H groups in total. The predicted molar refractivity (Wildman–Crippen MR) is 73.8 cm³/mol. The SMILES string of the molecule is Cc1cc(C)cc(Oc2ccc(C(=O)O)c(N)c2)c1. The molecular weight excluding hydrogens is 242 g/mol. The van der Waals surface area contributed by atoms with Crippen LogP contribution in [-0.4, -0.2) is 11.1 Å². The van der Waals surface area contributed by atoms with E-state index in [2.05, 4.69) is 6.07 Å². The van der Waals surface area contributed by atoms with Crippen LogP contribution in [0.25, 0.3) is 0 Å². The van der Waals surface area contributed by atoms with Crippen LogP contribution in [0.5, 0.6) is 11.5 Å². The first-order valence-corrected chi connectivity index (χ1v) is 5.84. The van der Waals surface area contributed by atoms with E-state index in [1.54, 1.807) is 6.07 Å². The predicted octanol–water partition coefficient (Wildman–Crippen LogP) is 3.38. The zero-order valence-electron chi connectivity index (χ0n) is 10.8. The second-order valence-corrected chi connectivity index (χ2v) is 4.48. The molecule has 0 aliphatic rings. The minimum atomic E-state index is -1.05. The fourth-order valence-corrected chi connectivity index (χ4v) is 1.93. The van der Waals surface area contributed by atoms with E-state index in [0.29, 0.717) is 11.5 Å². The van der Waals surface area contributed by atoms with Crippen LogP contribution in [0, 0.1) is 13.8 Å². The average Bonchev–Trinajstić information content (AvgIpc) is 2.26. The molecule has 0 saturated carbocycles. The number of carbonyl (C=O) groups is 1. The summed E-state index contributed by atoms with van der Waals surface area (Å²) in [4.78, 5) is 10.9. The zero-order valence-corrected chi connectivity index (χ0v) is 10.8. The number of nitrogens with two attached hydrogens (primary N) is 1. The second-order valence-electron chi connectivity index (χ2n) is 4.48. The highest BCUT2D eigenvalue weighted by atomic mass is 16.5. The van der Waals surface area contributed by atoms with Gasteiger partial charge in [0.05, 0.1) is 5.56 Å². The maximum absolute atomic E-state index is 10.9. The van der Waals surface area contributed by atoms with E-state index in [0.717, 1.165) is 11.1 Å². The van der Waals surface area contributed by atoms with Crippen LogP contribution in [0.2, 0.25) is 0 Å². The summed E-state index contributed by atoms with van der Waals surface area (Å²) in [5.41, 5.74) is 8.14. The van der Waals surface area contributed by atoms with E-state index in [9.17, 15) is 4.79 Å². The van der Waals surface area contributed by atoms with Crippen LogP contribution in [0.15, 0.2) is 36.4 Å². The van der Waals surface area contributed by atoms with Crippen LogP contribution in [-0.2, 0) is 0 Å². The Morgan fingerprint density at radius 1 is 1.05 bits per heavy atom. The minimum Gasteiger partial charge on any atom is -0.478 e. The van der Waals surface area contributed by atoms with Crippen molar-refractivity contribution >= 4 is 11.7 Å². The second kappa shape index (κ2) is 5.02. The van der Waals surface area contributed by atoms with E-state index in [1.165, 1.54) is 12.1 Å². The van der Waals surface area contributed by atoms with Gasteiger partial charge in [0.25, 0.3) is 0 Å². The zero-order chi connectivity index (χ0) is 14.0. The van der Waals surface area contributed by atoms with Crippen molar-refractivity contribution in [3.8, 4) is 11.5 Å². The van der Waals surface area contributed by atoms with Crippen molar-refractivity contribution in [2.75, 3.05) is 5.73 Å². The largest absolute Gasteiger partial charge is 0.478 e. The van der Waals surface area contributed by atoms with Gasteiger partial charge in [-0.15, -0.1) is 0 Å². The summed E-state index contributed by atoms with van der Waals surface area (Å²) in [5.74, 6) is 0.183. The van der Waals surface area contributed by atoms with Crippen LogP contribution >= 0.6 is 0 Å². The molecule has 0 saturated heterocycles. The summed E-state index contributed by atoms with van der Waals surface area (Å²) in [6, 6.07) is 10.4. The fraction of sp³-hybridized carbons (Fsp3) is 0.133. The molecule has 2 aromatic carbocycles. The highest BCUT2D eigenvalue weighted by molar-refractivity contribution is 5.93. The molecule has 0 heterocycles. The van der Waals surface area contributed by atoms with Gasteiger partial charge in [-0.1, -0.05) is 6.07 Å². The molecule has 2 aromatic rings. The summed E-state index contributed by atoms with van der Waals surface area (Å²) in [5, 5.41) is 8.90. The Balaban J connectivity index is 2.28. The summed E-state index contributed by atoms with van der Waals surface area (Å²) in [6.45, 7) is 3.98. The van der Waals surface area contributed by atoms with Gasteiger partial charge in [0.1, 0.15) is 11.5 Å². The van der Waals surface area contributed by atoms with Gasteiger partial charge >= 0.3 is 5.97 Å². The van der Waals surface area contributed by atoms with Crippen LogP contribution in [0.3, 0.4) is 0 Å². The monoisotopic (exact) mass is 257 g/mol. The third-order valence-electron chi connectivity index (χ3n) is 2.68. The third kappa shape index (κ3) is 3.04. The highest BCUT2D eigenvalue weighted by Crippen LogP contribution is 2.26. The van der Waals surface area contributed by atoms with Crippen LogP contribution < -0.4 is 10.5 Å². The molecule has 0 aliphatic carbocycles. The Kier molecular flexibility index (Phi) is 3.42. The summed E-state index contributed by atoms with van der Waals surface area (Å²) in [6.07, 6.45) is 0. The van der Waals surface area contributed by atoms with Crippen molar-refractivity contribution in [3.63, 3.8) is 0 Å². The van der Waals surface area contributed by atoms with Gasteiger partial charge in [-0.05, 0) is 49.2 Å². The van der Waals surface area contributed by atoms with E-state index in [-0.39, 0.29) is 11.3 Å². The van der Waals surface area contributed by atoms with Crippen molar-refractivity contribution in [1.29, 1.82) is 0 Å².